The predicted molar refractivity (Wildman–Crippen MR) is 73.1 cm³/mol. The lowest BCUT2D eigenvalue weighted by molar-refractivity contribution is 0.351. The highest BCUT2D eigenvalue weighted by molar-refractivity contribution is 8.14. The summed E-state index contributed by atoms with van der Waals surface area (Å²) in [7, 11) is 0. The maximum atomic E-state index is 4.78. The van der Waals surface area contributed by atoms with Crippen LogP contribution in [0.4, 0.5) is 0 Å². The second-order valence-electron chi connectivity index (χ2n) is 5.94. The largest absolute Gasteiger partial charge is 0.361 e. The van der Waals surface area contributed by atoms with Crippen molar-refractivity contribution in [2.75, 3.05) is 12.3 Å². The predicted octanol–water partition coefficient (Wildman–Crippen LogP) is 3.28. The normalized spacial score (nSPS) is 31.2. The standard InChI is InChI=1S/C13H24N2S/c1-10(2)11-8-16-12(15-11)14-9-13(3)6-4-5-7-13/h10-11H,4-9H2,1-3H3,(H,14,15). The van der Waals surface area contributed by atoms with Crippen molar-refractivity contribution in [3.63, 3.8) is 0 Å². The zero-order valence-electron chi connectivity index (χ0n) is 10.8. The first-order chi connectivity index (χ1) is 7.59. The summed E-state index contributed by atoms with van der Waals surface area (Å²) in [6.07, 6.45) is 5.52. The molecule has 0 aromatic carbocycles. The number of nitrogens with zero attached hydrogens (tertiary/aromatic N) is 1. The van der Waals surface area contributed by atoms with Gasteiger partial charge in [0.05, 0.1) is 0 Å². The zero-order valence-corrected chi connectivity index (χ0v) is 11.6. The lowest BCUT2D eigenvalue weighted by Gasteiger charge is -2.20. The molecular weight excluding hydrogens is 216 g/mol. The molecule has 2 nitrogen and oxygen atoms in total. The van der Waals surface area contributed by atoms with E-state index in [-0.39, 0.29) is 0 Å². The Morgan fingerprint density at radius 2 is 2.12 bits per heavy atom. The molecule has 0 bridgehead atoms. The van der Waals surface area contributed by atoms with Gasteiger partial charge in [-0.15, -0.1) is 0 Å². The molecule has 1 aliphatic heterocycles. The van der Waals surface area contributed by atoms with Gasteiger partial charge in [-0.3, -0.25) is 4.99 Å². The average molecular weight is 240 g/mol. The van der Waals surface area contributed by atoms with Crippen molar-refractivity contribution in [2.24, 2.45) is 16.3 Å². The first-order valence-electron chi connectivity index (χ1n) is 6.53. The monoisotopic (exact) mass is 240 g/mol. The summed E-state index contributed by atoms with van der Waals surface area (Å²) >= 11 is 1.90. The van der Waals surface area contributed by atoms with Crippen molar-refractivity contribution in [3.05, 3.63) is 0 Å². The van der Waals surface area contributed by atoms with E-state index in [9.17, 15) is 0 Å². The lowest BCUT2D eigenvalue weighted by Crippen LogP contribution is -2.32. The Balaban J connectivity index is 1.84. The van der Waals surface area contributed by atoms with Gasteiger partial charge in [-0.1, -0.05) is 45.4 Å². The van der Waals surface area contributed by atoms with Gasteiger partial charge in [0.1, 0.15) is 0 Å². The number of amidine groups is 1. The molecule has 2 rings (SSSR count). The number of hydrogen-bond donors (Lipinski definition) is 1. The van der Waals surface area contributed by atoms with Crippen molar-refractivity contribution in [2.45, 2.75) is 52.5 Å². The highest BCUT2D eigenvalue weighted by atomic mass is 32.2. The van der Waals surface area contributed by atoms with Gasteiger partial charge in [-0.2, -0.15) is 0 Å². The summed E-state index contributed by atoms with van der Waals surface area (Å²) in [5, 5.41) is 4.73. The van der Waals surface area contributed by atoms with Gasteiger partial charge in [0.15, 0.2) is 5.17 Å². The van der Waals surface area contributed by atoms with Crippen molar-refractivity contribution < 1.29 is 0 Å². The molecule has 92 valence electrons. The molecule has 0 aromatic heterocycles. The minimum Gasteiger partial charge on any atom is -0.361 e. The van der Waals surface area contributed by atoms with Crippen molar-refractivity contribution in [1.29, 1.82) is 0 Å². The molecule has 0 aromatic rings. The Morgan fingerprint density at radius 1 is 1.44 bits per heavy atom. The molecule has 16 heavy (non-hydrogen) atoms. The molecule has 0 spiro atoms. The number of thioether (sulfide) groups is 1. The first kappa shape index (κ1) is 12.3. The molecular formula is C13H24N2S. The van der Waals surface area contributed by atoms with Crippen LogP contribution in [-0.4, -0.2) is 23.5 Å². The van der Waals surface area contributed by atoms with Crippen molar-refractivity contribution >= 4 is 16.9 Å². The van der Waals surface area contributed by atoms with Crippen LogP contribution in [-0.2, 0) is 0 Å². The maximum Gasteiger partial charge on any atom is 0.156 e. The van der Waals surface area contributed by atoms with E-state index in [1.54, 1.807) is 0 Å². The molecule has 0 amide bonds. The lowest BCUT2D eigenvalue weighted by atomic mass is 9.89. The average Bonchev–Trinajstić information content (AvgIpc) is 2.84. The van der Waals surface area contributed by atoms with E-state index in [1.807, 2.05) is 11.8 Å². The van der Waals surface area contributed by atoms with Crippen LogP contribution in [0.5, 0.6) is 0 Å². The fraction of sp³-hybridized carbons (Fsp3) is 0.923. The van der Waals surface area contributed by atoms with Crippen LogP contribution in [0.15, 0.2) is 4.99 Å². The van der Waals surface area contributed by atoms with Crippen LogP contribution in [0.25, 0.3) is 0 Å². The zero-order chi connectivity index (χ0) is 11.6. The van der Waals surface area contributed by atoms with Gasteiger partial charge >= 0.3 is 0 Å². The van der Waals surface area contributed by atoms with Gasteiger partial charge in [0.25, 0.3) is 0 Å². The second-order valence-corrected chi connectivity index (χ2v) is 6.95. The van der Waals surface area contributed by atoms with E-state index < -0.39 is 0 Å². The summed E-state index contributed by atoms with van der Waals surface area (Å²) in [6, 6.07) is 0.625. The minimum atomic E-state index is 0.491. The first-order valence-corrected chi connectivity index (χ1v) is 7.51. The van der Waals surface area contributed by atoms with Crippen LogP contribution >= 0.6 is 11.8 Å². The molecule has 1 aliphatic carbocycles. The van der Waals surface area contributed by atoms with E-state index >= 15 is 0 Å². The van der Waals surface area contributed by atoms with Crippen LogP contribution in [0.1, 0.15) is 46.5 Å². The van der Waals surface area contributed by atoms with Gasteiger partial charge in [-0.25, -0.2) is 0 Å². The molecule has 0 radical (unpaired) electrons. The molecule has 1 heterocycles. The summed E-state index contributed by atoms with van der Waals surface area (Å²) in [5.74, 6) is 1.90. The van der Waals surface area contributed by atoms with E-state index in [1.165, 1.54) is 36.6 Å². The Morgan fingerprint density at radius 3 is 2.69 bits per heavy atom. The van der Waals surface area contributed by atoms with Gasteiger partial charge in [0, 0.05) is 18.3 Å². The SMILES string of the molecule is CC(C)C1CSC(=NCC2(C)CCCC2)N1. The summed E-state index contributed by atoms with van der Waals surface area (Å²) in [5.41, 5.74) is 0.491. The number of hydrogen-bond acceptors (Lipinski definition) is 2. The van der Waals surface area contributed by atoms with Crippen molar-refractivity contribution in [3.8, 4) is 0 Å². The Hall–Kier alpha value is -0.180. The fourth-order valence-corrected chi connectivity index (χ4v) is 3.71. The third kappa shape index (κ3) is 2.93. The maximum absolute atomic E-state index is 4.78. The number of aliphatic imine (C=N–C) groups is 1. The number of rotatable bonds is 3. The topological polar surface area (TPSA) is 24.4 Å². The fourth-order valence-electron chi connectivity index (χ4n) is 2.51. The third-order valence-electron chi connectivity index (χ3n) is 3.93. The van der Waals surface area contributed by atoms with E-state index in [0.717, 1.165) is 6.54 Å². The Bertz CT molecular complexity index is 267. The van der Waals surface area contributed by atoms with Gasteiger partial charge in [-0.05, 0) is 24.2 Å². The third-order valence-corrected chi connectivity index (χ3v) is 4.97. The van der Waals surface area contributed by atoms with Crippen LogP contribution in [0, 0.1) is 11.3 Å². The molecule has 2 aliphatic rings. The summed E-state index contributed by atoms with van der Waals surface area (Å²) < 4.78 is 0. The van der Waals surface area contributed by atoms with E-state index in [4.69, 9.17) is 4.99 Å². The molecule has 2 fully saturated rings. The molecule has 1 N–H and O–H groups in total. The van der Waals surface area contributed by atoms with Gasteiger partial charge < -0.3 is 5.32 Å². The molecule has 1 saturated heterocycles. The highest BCUT2D eigenvalue weighted by Gasteiger charge is 2.29. The summed E-state index contributed by atoms with van der Waals surface area (Å²) in [4.78, 5) is 4.78. The molecule has 1 saturated carbocycles. The molecule has 1 unspecified atom stereocenters. The molecule has 3 heteroatoms. The van der Waals surface area contributed by atoms with Gasteiger partial charge in [0.2, 0.25) is 0 Å². The Kier molecular flexibility index (Phi) is 3.83. The van der Waals surface area contributed by atoms with Crippen LogP contribution in [0.2, 0.25) is 0 Å². The van der Waals surface area contributed by atoms with Crippen LogP contribution in [0.3, 0.4) is 0 Å². The van der Waals surface area contributed by atoms with Crippen molar-refractivity contribution in [1.82, 2.24) is 5.32 Å². The minimum absolute atomic E-state index is 0.491. The quantitative estimate of drug-likeness (QED) is 0.818. The number of nitrogens with one attached hydrogen (secondary N) is 1. The van der Waals surface area contributed by atoms with E-state index in [2.05, 4.69) is 26.1 Å². The Labute approximate surface area is 104 Å². The van der Waals surface area contributed by atoms with Crippen LogP contribution < -0.4 is 5.32 Å². The summed E-state index contributed by atoms with van der Waals surface area (Å²) in [6.45, 7) is 7.97. The second kappa shape index (κ2) is 4.99. The highest BCUT2D eigenvalue weighted by Crippen LogP contribution is 2.37. The molecule has 1 atom stereocenters. The smallest absolute Gasteiger partial charge is 0.156 e. The van der Waals surface area contributed by atoms with E-state index in [0.29, 0.717) is 17.4 Å².